The summed E-state index contributed by atoms with van der Waals surface area (Å²) in [7, 11) is 0. The van der Waals surface area contributed by atoms with Gasteiger partial charge in [-0.25, -0.2) is 0 Å². The van der Waals surface area contributed by atoms with Crippen molar-refractivity contribution in [1.82, 2.24) is 10.9 Å². The number of hydrazine groups is 1. The molecule has 0 spiro atoms. The summed E-state index contributed by atoms with van der Waals surface area (Å²) in [5.74, 6) is -0.179. The number of ether oxygens (including phenoxy) is 1. The van der Waals surface area contributed by atoms with Crippen LogP contribution in [0, 0.1) is 20.8 Å². The van der Waals surface area contributed by atoms with E-state index in [2.05, 4.69) is 10.9 Å². The van der Waals surface area contributed by atoms with Crippen molar-refractivity contribution in [2.45, 2.75) is 20.8 Å². The largest absolute Gasteiger partial charge is 0.484 e. The lowest BCUT2D eigenvalue weighted by Crippen LogP contribution is -2.44. The molecule has 0 saturated carbocycles. The van der Waals surface area contributed by atoms with E-state index in [0.717, 1.165) is 16.7 Å². The molecule has 5 heteroatoms. The predicted octanol–water partition coefficient (Wildman–Crippen LogP) is 2.45. The van der Waals surface area contributed by atoms with Crippen LogP contribution in [0.5, 0.6) is 5.75 Å². The first-order valence-corrected chi connectivity index (χ1v) is 7.31. The van der Waals surface area contributed by atoms with E-state index in [-0.39, 0.29) is 12.5 Å². The van der Waals surface area contributed by atoms with E-state index in [1.807, 2.05) is 45.0 Å². The van der Waals surface area contributed by atoms with E-state index in [1.165, 1.54) is 0 Å². The van der Waals surface area contributed by atoms with Gasteiger partial charge in [0.1, 0.15) is 5.75 Å². The summed E-state index contributed by atoms with van der Waals surface area (Å²) >= 11 is 0. The number of rotatable bonds is 4. The zero-order valence-corrected chi connectivity index (χ0v) is 13.5. The Bertz CT molecular complexity index is 709. The van der Waals surface area contributed by atoms with E-state index >= 15 is 0 Å². The van der Waals surface area contributed by atoms with Gasteiger partial charge in [0.2, 0.25) is 0 Å². The maximum absolute atomic E-state index is 12.0. The highest BCUT2D eigenvalue weighted by molar-refractivity contribution is 5.96. The van der Waals surface area contributed by atoms with E-state index in [4.69, 9.17) is 4.74 Å². The summed E-state index contributed by atoms with van der Waals surface area (Å²) in [5, 5.41) is 0. The number of carbonyl (C=O) groups excluding carboxylic acids is 2. The van der Waals surface area contributed by atoms with E-state index in [9.17, 15) is 9.59 Å². The van der Waals surface area contributed by atoms with Gasteiger partial charge in [-0.1, -0.05) is 35.4 Å². The van der Waals surface area contributed by atoms with Crippen molar-refractivity contribution in [2.24, 2.45) is 0 Å². The van der Waals surface area contributed by atoms with Crippen molar-refractivity contribution in [3.05, 3.63) is 64.7 Å². The standard InChI is InChI=1S/C18H20N2O3/c1-12-4-7-15(8-5-12)23-11-17(21)19-20-18(22)16-9-6-13(2)10-14(16)3/h4-10H,11H2,1-3H3,(H,19,21)(H,20,22). The fourth-order valence-electron chi connectivity index (χ4n) is 2.08. The van der Waals surface area contributed by atoms with Crippen molar-refractivity contribution >= 4 is 11.8 Å². The molecule has 23 heavy (non-hydrogen) atoms. The number of carbonyl (C=O) groups is 2. The van der Waals surface area contributed by atoms with Gasteiger partial charge in [-0.15, -0.1) is 0 Å². The number of amides is 2. The number of hydrogen-bond acceptors (Lipinski definition) is 3. The molecule has 2 amide bonds. The molecule has 2 N–H and O–H groups in total. The molecule has 2 aromatic carbocycles. The topological polar surface area (TPSA) is 67.4 Å². The minimum Gasteiger partial charge on any atom is -0.484 e. The molecule has 0 aliphatic heterocycles. The summed E-state index contributed by atoms with van der Waals surface area (Å²) in [6.45, 7) is 5.61. The van der Waals surface area contributed by atoms with Crippen LogP contribution in [-0.4, -0.2) is 18.4 Å². The Kier molecular flexibility index (Phi) is 5.36. The lowest BCUT2D eigenvalue weighted by atomic mass is 10.1. The average molecular weight is 312 g/mol. The first kappa shape index (κ1) is 16.5. The summed E-state index contributed by atoms with van der Waals surface area (Å²) in [6.07, 6.45) is 0. The van der Waals surface area contributed by atoms with Gasteiger partial charge in [0.15, 0.2) is 6.61 Å². The number of aryl methyl sites for hydroxylation is 3. The van der Waals surface area contributed by atoms with Crippen molar-refractivity contribution in [2.75, 3.05) is 6.61 Å². The minimum atomic E-state index is -0.427. The Balaban J connectivity index is 1.81. The van der Waals surface area contributed by atoms with Crippen molar-refractivity contribution in [3.8, 4) is 5.75 Å². The highest BCUT2D eigenvalue weighted by Gasteiger charge is 2.10. The van der Waals surface area contributed by atoms with Crippen molar-refractivity contribution in [1.29, 1.82) is 0 Å². The molecule has 2 aromatic rings. The van der Waals surface area contributed by atoms with E-state index in [0.29, 0.717) is 11.3 Å². The summed E-state index contributed by atoms with van der Waals surface area (Å²) in [6, 6.07) is 12.9. The monoisotopic (exact) mass is 312 g/mol. The van der Waals surface area contributed by atoms with Gasteiger partial charge in [0.05, 0.1) is 0 Å². The molecule has 0 aromatic heterocycles. The molecule has 0 atom stereocenters. The number of nitrogens with one attached hydrogen (secondary N) is 2. The summed E-state index contributed by atoms with van der Waals surface area (Å²) in [5.41, 5.74) is 8.30. The molecule has 120 valence electrons. The molecule has 0 unspecified atom stereocenters. The molecule has 0 fully saturated rings. The van der Waals surface area contributed by atoms with Gasteiger partial charge in [0.25, 0.3) is 11.8 Å². The molecule has 0 aliphatic carbocycles. The molecular formula is C18H20N2O3. The average Bonchev–Trinajstić information content (AvgIpc) is 2.52. The molecular weight excluding hydrogens is 292 g/mol. The van der Waals surface area contributed by atoms with Gasteiger partial charge in [-0.2, -0.15) is 0 Å². The van der Waals surface area contributed by atoms with Crippen LogP contribution < -0.4 is 15.6 Å². The van der Waals surface area contributed by atoms with Gasteiger partial charge < -0.3 is 4.74 Å². The molecule has 0 aliphatic rings. The maximum atomic E-state index is 12.0. The second kappa shape index (κ2) is 7.45. The first-order valence-electron chi connectivity index (χ1n) is 7.31. The predicted molar refractivity (Wildman–Crippen MR) is 88.2 cm³/mol. The molecule has 0 bridgehead atoms. The summed E-state index contributed by atoms with van der Waals surface area (Å²) in [4.78, 5) is 23.7. The number of hydrogen-bond donors (Lipinski definition) is 2. The van der Waals surface area contributed by atoms with Crippen LogP contribution in [0.4, 0.5) is 0 Å². The fourth-order valence-corrected chi connectivity index (χ4v) is 2.08. The summed E-state index contributed by atoms with van der Waals surface area (Å²) < 4.78 is 5.34. The van der Waals surface area contributed by atoms with Gasteiger partial charge in [0, 0.05) is 5.56 Å². The minimum absolute atomic E-state index is 0.170. The third-order valence-electron chi connectivity index (χ3n) is 3.33. The van der Waals surface area contributed by atoms with Crippen LogP contribution in [0.15, 0.2) is 42.5 Å². The fraction of sp³-hybridized carbons (Fsp3) is 0.222. The first-order chi connectivity index (χ1) is 11.0. The SMILES string of the molecule is Cc1ccc(OCC(=O)NNC(=O)c2ccc(C)cc2C)cc1. The normalized spacial score (nSPS) is 10.0. The van der Waals surface area contributed by atoms with Crippen LogP contribution in [-0.2, 0) is 4.79 Å². The second-order valence-electron chi connectivity index (χ2n) is 5.42. The Hall–Kier alpha value is -2.82. The third kappa shape index (κ3) is 4.85. The Morgan fingerprint density at radius 3 is 2.22 bits per heavy atom. The molecule has 0 radical (unpaired) electrons. The van der Waals surface area contributed by atoms with Crippen molar-refractivity contribution in [3.63, 3.8) is 0 Å². The Morgan fingerprint density at radius 2 is 1.57 bits per heavy atom. The molecule has 5 nitrogen and oxygen atoms in total. The third-order valence-corrected chi connectivity index (χ3v) is 3.33. The molecule has 0 heterocycles. The van der Waals surface area contributed by atoms with Gasteiger partial charge in [-0.3, -0.25) is 20.4 Å². The smallest absolute Gasteiger partial charge is 0.276 e. The van der Waals surface area contributed by atoms with Crippen LogP contribution in [0.1, 0.15) is 27.0 Å². The Morgan fingerprint density at radius 1 is 0.913 bits per heavy atom. The Labute approximate surface area is 135 Å². The van der Waals surface area contributed by atoms with Gasteiger partial charge >= 0.3 is 0 Å². The van der Waals surface area contributed by atoms with Crippen LogP contribution >= 0.6 is 0 Å². The van der Waals surface area contributed by atoms with Crippen molar-refractivity contribution < 1.29 is 14.3 Å². The van der Waals surface area contributed by atoms with Crippen LogP contribution in [0.25, 0.3) is 0 Å². The van der Waals surface area contributed by atoms with E-state index < -0.39 is 5.91 Å². The van der Waals surface area contributed by atoms with Crippen LogP contribution in [0.2, 0.25) is 0 Å². The lowest BCUT2D eigenvalue weighted by molar-refractivity contribution is -0.123. The van der Waals surface area contributed by atoms with Gasteiger partial charge in [-0.05, 0) is 44.5 Å². The molecule has 2 rings (SSSR count). The second-order valence-corrected chi connectivity index (χ2v) is 5.42. The van der Waals surface area contributed by atoms with E-state index in [1.54, 1.807) is 18.2 Å². The number of benzene rings is 2. The highest BCUT2D eigenvalue weighted by atomic mass is 16.5. The quantitative estimate of drug-likeness (QED) is 0.852. The molecule has 0 saturated heterocycles. The highest BCUT2D eigenvalue weighted by Crippen LogP contribution is 2.11. The zero-order chi connectivity index (χ0) is 16.8. The maximum Gasteiger partial charge on any atom is 0.276 e. The zero-order valence-electron chi connectivity index (χ0n) is 13.5. The van der Waals surface area contributed by atoms with Crippen LogP contribution in [0.3, 0.4) is 0 Å². The lowest BCUT2D eigenvalue weighted by Gasteiger charge is -2.10.